The van der Waals surface area contributed by atoms with E-state index >= 15 is 0 Å². The summed E-state index contributed by atoms with van der Waals surface area (Å²) in [5.41, 5.74) is 1.73. The molecule has 2 aromatic carbocycles. The largest absolute Gasteiger partial charge is 0.396 e. The minimum absolute atomic E-state index is 0.0451. The normalized spacial score (nSPS) is 13.7. The van der Waals surface area contributed by atoms with Gasteiger partial charge in [0, 0.05) is 5.41 Å². The van der Waals surface area contributed by atoms with E-state index in [4.69, 9.17) is 35.4 Å². The molecule has 1 saturated heterocycles. The molecule has 4 rings (SSSR count). The molecule has 4 N–H and O–H groups in total. The van der Waals surface area contributed by atoms with Crippen molar-refractivity contribution in [3.63, 3.8) is 0 Å². The summed E-state index contributed by atoms with van der Waals surface area (Å²) in [6, 6.07) is 16.8. The van der Waals surface area contributed by atoms with Crippen LogP contribution in [-0.4, -0.2) is 60.2 Å². The fourth-order valence-corrected chi connectivity index (χ4v) is 1.71. The lowest BCUT2D eigenvalue weighted by molar-refractivity contribution is 0.0443. The van der Waals surface area contributed by atoms with Crippen molar-refractivity contribution in [1.82, 2.24) is 0 Å². The maximum Gasteiger partial charge on any atom is 0.346 e. The second kappa shape index (κ2) is 19.7. The third-order valence-electron chi connectivity index (χ3n) is 3.85. The van der Waals surface area contributed by atoms with E-state index in [1.54, 1.807) is 38.1 Å². The quantitative estimate of drug-likeness (QED) is 0.164. The highest BCUT2D eigenvalue weighted by Crippen LogP contribution is 2.18. The smallest absolute Gasteiger partial charge is 0.346 e. The van der Waals surface area contributed by atoms with Crippen molar-refractivity contribution in [1.29, 1.82) is 10.8 Å². The summed E-state index contributed by atoms with van der Waals surface area (Å²) in [6.07, 6.45) is 2.08. The lowest BCUT2D eigenvalue weighted by Gasteiger charge is -2.16. The SMILES string of the molecule is CC(C)(CO)CO.CC1CO1.Cc1ccccc1.N=C=O.N=C=O.O=C1OC(=O)c2ccccc21. The van der Waals surface area contributed by atoms with E-state index in [-0.39, 0.29) is 18.6 Å². The Labute approximate surface area is 204 Å². The van der Waals surface area contributed by atoms with Gasteiger partial charge in [0.15, 0.2) is 0 Å². The zero-order valence-electron chi connectivity index (χ0n) is 20.2. The third-order valence-corrected chi connectivity index (χ3v) is 3.85. The Kier molecular flexibility index (Phi) is 18.8. The molecule has 0 radical (unpaired) electrons. The fraction of sp³-hybridized carbons (Fsp3) is 0.360. The number of nitrogens with one attached hydrogen (secondary N) is 2. The van der Waals surface area contributed by atoms with Crippen LogP contribution in [0.25, 0.3) is 0 Å². The number of carbonyl (C=O) groups excluding carboxylic acids is 4. The molecule has 2 aliphatic heterocycles. The average Bonchev–Trinajstić information content (AvgIpc) is 3.57. The number of isocyanates is 2. The van der Waals surface area contributed by atoms with E-state index in [1.165, 1.54) is 5.56 Å². The van der Waals surface area contributed by atoms with Gasteiger partial charge in [-0.1, -0.05) is 61.9 Å². The van der Waals surface area contributed by atoms with E-state index < -0.39 is 11.9 Å². The summed E-state index contributed by atoms with van der Waals surface area (Å²) < 4.78 is 9.06. The molecule has 0 bridgehead atoms. The molecule has 0 amide bonds. The standard InChI is InChI=1S/C8H4O3.C7H8.C5H12O2.C3H6O.2CHNO/c9-7-5-3-1-2-4-6(5)8(10)11-7;1-7-5-3-2-4-6-7;1-5(2,3-6)4-7;1-3-2-4-3;2*2-1-3/h1-4H;2-6H,1H3;6-7H,3-4H2,1-2H3;3H,2H2,1H3;2*2H. The number of aliphatic hydroxyl groups is 2. The molecule has 0 aromatic heterocycles. The van der Waals surface area contributed by atoms with Gasteiger partial charge in [0.25, 0.3) is 0 Å². The molecular weight excluding hydrogens is 456 g/mol. The highest BCUT2D eigenvalue weighted by molar-refractivity contribution is 6.14. The van der Waals surface area contributed by atoms with E-state index in [1.807, 2.05) is 18.2 Å². The monoisotopic (exact) mass is 488 g/mol. The van der Waals surface area contributed by atoms with Crippen LogP contribution in [0, 0.1) is 23.2 Å². The first-order valence-electron chi connectivity index (χ1n) is 10.3. The summed E-state index contributed by atoms with van der Waals surface area (Å²) in [4.78, 5) is 38.4. The van der Waals surface area contributed by atoms with Gasteiger partial charge in [0.1, 0.15) is 0 Å². The molecule has 0 aliphatic carbocycles. The van der Waals surface area contributed by atoms with E-state index in [0.717, 1.165) is 18.8 Å². The van der Waals surface area contributed by atoms with Crippen molar-refractivity contribution < 1.29 is 38.9 Å². The van der Waals surface area contributed by atoms with Crippen LogP contribution < -0.4 is 0 Å². The molecule has 1 atom stereocenters. The predicted octanol–water partition coefficient (Wildman–Crippen LogP) is 3.20. The Balaban J connectivity index is 0. The van der Waals surface area contributed by atoms with Crippen molar-refractivity contribution in [2.75, 3.05) is 19.8 Å². The molecule has 2 heterocycles. The number of epoxide rings is 1. The maximum atomic E-state index is 10.8. The summed E-state index contributed by atoms with van der Waals surface area (Å²) in [5.74, 6) is -1.10. The van der Waals surface area contributed by atoms with E-state index in [2.05, 4.69) is 30.7 Å². The zero-order valence-corrected chi connectivity index (χ0v) is 20.2. The van der Waals surface area contributed by atoms with Crippen LogP contribution in [-0.2, 0) is 19.1 Å². The van der Waals surface area contributed by atoms with Crippen LogP contribution in [0.15, 0.2) is 54.6 Å². The van der Waals surface area contributed by atoms with Gasteiger partial charge in [0.2, 0.25) is 12.2 Å². The summed E-state index contributed by atoms with van der Waals surface area (Å²) in [5, 5.41) is 27.7. The Bertz CT molecular complexity index is 894. The van der Waals surface area contributed by atoms with Gasteiger partial charge < -0.3 is 19.7 Å². The van der Waals surface area contributed by atoms with Crippen molar-refractivity contribution in [3.05, 3.63) is 71.3 Å². The molecule has 1 fully saturated rings. The number of aliphatic hydroxyl groups excluding tert-OH is 2. The minimum atomic E-state index is -0.550. The number of ether oxygens (including phenoxy) is 2. The summed E-state index contributed by atoms with van der Waals surface area (Å²) in [6.45, 7) is 8.81. The number of rotatable bonds is 2. The second-order valence-corrected chi connectivity index (χ2v) is 7.71. The number of cyclic esters (lactones) is 2. The molecule has 35 heavy (non-hydrogen) atoms. The number of hydrogen-bond donors (Lipinski definition) is 4. The number of esters is 2. The molecule has 0 saturated carbocycles. The number of benzene rings is 2. The zero-order chi connectivity index (χ0) is 27.3. The second-order valence-electron chi connectivity index (χ2n) is 7.71. The highest BCUT2D eigenvalue weighted by atomic mass is 16.6. The van der Waals surface area contributed by atoms with Gasteiger partial charge in [-0.2, -0.15) is 0 Å². The highest BCUT2D eigenvalue weighted by Gasteiger charge is 2.28. The third kappa shape index (κ3) is 18.3. The van der Waals surface area contributed by atoms with Crippen LogP contribution in [0.4, 0.5) is 0 Å². The molecule has 10 heteroatoms. The summed E-state index contributed by atoms with van der Waals surface area (Å²) in [7, 11) is 0. The van der Waals surface area contributed by atoms with Crippen LogP contribution in [0.3, 0.4) is 0 Å². The molecule has 1 unspecified atom stereocenters. The Morgan fingerprint density at radius 2 is 1.20 bits per heavy atom. The van der Waals surface area contributed by atoms with Crippen molar-refractivity contribution in [2.45, 2.75) is 33.8 Å². The van der Waals surface area contributed by atoms with Crippen LogP contribution in [0.2, 0.25) is 0 Å². The predicted molar refractivity (Wildman–Crippen MR) is 128 cm³/mol. The van der Waals surface area contributed by atoms with Gasteiger partial charge in [0.05, 0.1) is 37.1 Å². The van der Waals surface area contributed by atoms with Gasteiger partial charge in [-0.15, -0.1) is 0 Å². The topological polar surface area (TPSA) is 178 Å². The Hall–Kier alpha value is -3.78. The Morgan fingerprint density at radius 3 is 1.40 bits per heavy atom. The lowest BCUT2D eigenvalue weighted by Crippen LogP contribution is -2.20. The molecule has 2 aliphatic rings. The van der Waals surface area contributed by atoms with Crippen molar-refractivity contribution >= 4 is 24.1 Å². The number of carbonyl (C=O) groups is 2. The van der Waals surface area contributed by atoms with Gasteiger partial charge >= 0.3 is 11.9 Å². The van der Waals surface area contributed by atoms with Gasteiger partial charge in [-0.05, 0) is 26.0 Å². The molecule has 10 nitrogen and oxygen atoms in total. The number of fused-ring (bicyclic) bond motifs is 1. The summed E-state index contributed by atoms with van der Waals surface area (Å²) >= 11 is 0. The fourth-order valence-electron chi connectivity index (χ4n) is 1.71. The first kappa shape index (κ1) is 33.4. The van der Waals surface area contributed by atoms with Crippen molar-refractivity contribution in [3.8, 4) is 0 Å². The van der Waals surface area contributed by atoms with E-state index in [0.29, 0.717) is 17.2 Å². The van der Waals surface area contributed by atoms with Gasteiger partial charge in [-0.3, -0.25) is 0 Å². The van der Waals surface area contributed by atoms with Gasteiger partial charge in [-0.25, -0.2) is 30.0 Å². The number of aryl methyl sites for hydroxylation is 1. The van der Waals surface area contributed by atoms with Crippen LogP contribution in [0.5, 0.6) is 0 Å². The number of hydrogen-bond acceptors (Lipinski definition) is 10. The molecular formula is C25H32N2O8. The minimum Gasteiger partial charge on any atom is -0.396 e. The lowest BCUT2D eigenvalue weighted by atomic mass is 9.97. The maximum absolute atomic E-state index is 10.8. The first-order chi connectivity index (χ1) is 16.5. The molecule has 0 spiro atoms. The molecule has 190 valence electrons. The van der Waals surface area contributed by atoms with Crippen molar-refractivity contribution in [2.24, 2.45) is 5.41 Å². The Morgan fingerprint density at radius 1 is 0.886 bits per heavy atom. The van der Waals surface area contributed by atoms with Crippen LogP contribution in [0.1, 0.15) is 47.1 Å². The molecule has 2 aromatic rings. The average molecular weight is 489 g/mol. The van der Waals surface area contributed by atoms with E-state index in [9.17, 15) is 9.59 Å². The first-order valence-corrected chi connectivity index (χ1v) is 10.3. The van der Waals surface area contributed by atoms with Crippen LogP contribution >= 0.6 is 0 Å².